The van der Waals surface area contributed by atoms with Gasteiger partial charge in [0.2, 0.25) is 11.8 Å². The van der Waals surface area contributed by atoms with Gasteiger partial charge in [0.15, 0.2) is 0 Å². The van der Waals surface area contributed by atoms with Crippen molar-refractivity contribution >= 4 is 11.8 Å². The molecule has 0 saturated heterocycles. The molecule has 0 radical (unpaired) electrons. The number of halogens is 1. The minimum Gasteiger partial charge on any atom is -0.355 e. The van der Waals surface area contributed by atoms with Crippen LogP contribution in [-0.4, -0.2) is 54.3 Å². The van der Waals surface area contributed by atoms with Crippen molar-refractivity contribution in [2.45, 2.75) is 27.3 Å². The van der Waals surface area contributed by atoms with Gasteiger partial charge in [0.05, 0.1) is 13.1 Å². The third kappa shape index (κ3) is 6.78. The second-order valence-electron chi connectivity index (χ2n) is 5.29. The van der Waals surface area contributed by atoms with Crippen LogP contribution in [0.15, 0.2) is 24.3 Å². The van der Waals surface area contributed by atoms with Gasteiger partial charge in [0.25, 0.3) is 0 Å². The van der Waals surface area contributed by atoms with Crippen molar-refractivity contribution in [1.82, 2.24) is 15.1 Å². The van der Waals surface area contributed by atoms with Crippen molar-refractivity contribution < 1.29 is 14.0 Å². The zero-order valence-corrected chi connectivity index (χ0v) is 14.1. The topological polar surface area (TPSA) is 52.7 Å². The van der Waals surface area contributed by atoms with E-state index in [1.807, 2.05) is 20.8 Å². The van der Waals surface area contributed by atoms with Crippen LogP contribution in [0.3, 0.4) is 0 Å². The molecular weight excluding hydrogens is 297 g/mol. The molecule has 23 heavy (non-hydrogen) atoms. The molecule has 6 heteroatoms. The Morgan fingerprint density at radius 3 is 2.43 bits per heavy atom. The van der Waals surface area contributed by atoms with Crippen molar-refractivity contribution in [3.05, 3.63) is 35.6 Å². The molecule has 0 spiro atoms. The highest BCUT2D eigenvalue weighted by Crippen LogP contribution is 2.08. The molecule has 128 valence electrons. The van der Waals surface area contributed by atoms with Crippen LogP contribution in [0, 0.1) is 5.82 Å². The first-order chi connectivity index (χ1) is 11.0. The Hall–Kier alpha value is -1.95. The molecule has 0 aromatic heterocycles. The fraction of sp³-hybridized carbons (Fsp3) is 0.529. The van der Waals surface area contributed by atoms with Gasteiger partial charge >= 0.3 is 0 Å². The molecule has 0 aliphatic carbocycles. The average Bonchev–Trinajstić information content (AvgIpc) is 2.52. The Kier molecular flexibility index (Phi) is 8.26. The summed E-state index contributed by atoms with van der Waals surface area (Å²) < 4.78 is 13.2. The van der Waals surface area contributed by atoms with E-state index in [0.717, 1.165) is 5.56 Å². The van der Waals surface area contributed by atoms with E-state index >= 15 is 0 Å². The third-order valence-corrected chi connectivity index (χ3v) is 3.54. The molecule has 2 amide bonds. The summed E-state index contributed by atoms with van der Waals surface area (Å²) in [4.78, 5) is 27.5. The van der Waals surface area contributed by atoms with Gasteiger partial charge in [-0.15, -0.1) is 0 Å². The standard InChI is InChI=1S/C17H26FN3O2/c1-4-19-16(22)12-20(5-2)13-17(23)21(6-3)11-14-8-7-9-15(18)10-14/h7-10H,4-6,11-13H2,1-3H3,(H,19,22). The van der Waals surface area contributed by atoms with E-state index in [9.17, 15) is 14.0 Å². The molecule has 1 rings (SSSR count). The van der Waals surface area contributed by atoms with Gasteiger partial charge in [-0.3, -0.25) is 14.5 Å². The lowest BCUT2D eigenvalue weighted by Gasteiger charge is -2.25. The molecule has 1 aromatic rings. The smallest absolute Gasteiger partial charge is 0.237 e. The van der Waals surface area contributed by atoms with Crippen molar-refractivity contribution in [2.24, 2.45) is 0 Å². The number of likely N-dealkylation sites (N-methyl/N-ethyl adjacent to an activating group) is 3. The molecule has 1 N–H and O–H groups in total. The van der Waals surface area contributed by atoms with Gasteiger partial charge in [0.1, 0.15) is 5.82 Å². The summed E-state index contributed by atoms with van der Waals surface area (Å²) in [7, 11) is 0. The van der Waals surface area contributed by atoms with Crippen LogP contribution < -0.4 is 5.32 Å². The Labute approximate surface area is 137 Å². The molecule has 0 fully saturated rings. The highest BCUT2D eigenvalue weighted by atomic mass is 19.1. The summed E-state index contributed by atoms with van der Waals surface area (Å²) in [6.07, 6.45) is 0. The van der Waals surface area contributed by atoms with Crippen LogP contribution in [0.1, 0.15) is 26.3 Å². The van der Waals surface area contributed by atoms with Gasteiger partial charge in [-0.05, 0) is 38.1 Å². The molecule has 1 aromatic carbocycles. The highest BCUT2D eigenvalue weighted by molar-refractivity contribution is 5.81. The molecule has 5 nitrogen and oxygen atoms in total. The van der Waals surface area contributed by atoms with Crippen LogP contribution in [0.5, 0.6) is 0 Å². The van der Waals surface area contributed by atoms with Crippen LogP contribution >= 0.6 is 0 Å². The number of hydrogen-bond donors (Lipinski definition) is 1. The molecule has 0 unspecified atom stereocenters. The van der Waals surface area contributed by atoms with Crippen LogP contribution in [0.25, 0.3) is 0 Å². The van der Waals surface area contributed by atoms with E-state index in [2.05, 4.69) is 5.32 Å². The lowest BCUT2D eigenvalue weighted by molar-refractivity contribution is -0.133. The van der Waals surface area contributed by atoms with E-state index < -0.39 is 0 Å². The predicted molar refractivity (Wildman–Crippen MR) is 88.3 cm³/mol. The largest absolute Gasteiger partial charge is 0.355 e. The predicted octanol–water partition coefficient (Wildman–Crippen LogP) is 1.63. The number of nitrogens with zero attached hydrogens (tertiary/aromatic N) is 2. The molecule has 0 atom stereocenters. The van der Waals surface area contributed by atoms with E-state index in [4.69, 9.17) is 0 Å². The summed E-state index contributed by atoms with van der Waals surface area (Å²) in [5, 5.41) is 2.73. The first-order valence-corrected chi connectivity index (χ1v) is 8.01. The quantitative estimate of drug-likeness (QED) is 0.751. The average molecular weight is 323 g/mol. The van der Waals surface area contributed by atoms with Gasteiger partial charge in [0, 0.05) is 19.6 Å². The fourth-order valence-corrected chi connectivity index (χ4v) is 2.26. The first kappa shape index (κ1) is 19.1. The zero-order chi connectivity index (χ0) is 17.2. The van der Waals surface area contributed by atoms with E-state index in [0.29, 0.717) is 26.2 Å². The number of benzene rings is 1. The molecular formula is C17H26FN3O2. The van der Waals surface area contributed by atoms with Crippen LogP contribution in [-0.2, 0) is 16.1 Å². The summed E-state index contributed by atoms with van der Waals surface area (Å²) in [5.74, 6) is -0.462. The molecule has 0 heterocycles. The lowest BCUT2D eigenvalue weighted by atomic mass is 10.2. The maximum absolute atomic E-state index is 13.2. The van der Waals surface area contributed by atoms with E-state index in [1.165, 1.54) is 12.1 Å². The van der Waals surface area contributed by atoms with Crippen molar-refractivity contribution in [1.29, 1.82) is 0 Å². The molecule has 0 saturated carbocycles. The van der Waals surface area contributed by atoms with Crippen molar-refractivity contribution in [2.75, 3.05) is 32.7 Å². The van der Waals surface area contributed by atoms with E-state index in [-0.39, 0.29) is 30.7 Å². The zero-order valence-electron chi connectivity index (χ0n) is 14.1. The number of carbonyl (C=O) groups excluding carboxylic acids is 2. The normalized spacial score (nSPS) is 10.7. The first-order valence-electron chi connectivity index (χ1n) is 8.01. The second kappa shape index (κ2) is 9.94. The number of carbonyl (C=O) groups is 2. The van der Waals surface area contributed by atoms with E-state index in [1.54, 1.807) is 21.9 Å². The number of rotatable bonds is 9. The Balaban J connectivity index is 2.62. The Morgan fingerprint density at radius 1 is 1.13 bits per heavy atom. The minimum atomic E-state index is -0.308. The van der Waals surface area contributed by atoms with Gasteiger partial charge in [-0.2, -0.15) is 0 Å². The minimum absolute atomic E-state index is 0.0668. The van der Waals surface area contributed by atoms with Crippen molar-refractivity contribution in [3.8, 4) is 0 Å². The second-order valence-corrected chi connectivity index (χ2v) is 5.29. The third-order valence-electron chi connectivity index (χ3n) is 3.54. The maximum Gasteiger partial charge on any atom is 0.237 e. The highest BCUT2D eigenvalue weighted by Gasteiger charge is 2.17. The SMILES string of the molecule is CCNC(=O)CN(CC)CC(=O)N(CC)Cc1cccc(F)c1. The van der Waals surface area contributed by atoms with Gasteiger partial charge in [-0.1, -0.05) is 19.1 Å². The molecule has 0 bridgehead atoms. The van der Waals surface area contributed by atoms with Crippen LogP contribution in [0.2, 0.25) is 0 Å². The number of hydrogen-bond acceptors (Lipinski definition) is 3. The Bertz CT molecular complexity index is 522. The summed E-state index contributed by atoms with van der Waals surface area (Å²) >= 11 is 0. The lowest BCUT2D eigenvalue weighted by Crippen LogP contribution is -2.44. The van der Waals surface area contributed by atoms with Gasteiger partial charge < -0.3 is 10.2 Å². The summed E-state index contributed by atoms with van der Waals surface area (Å²) in [6.45, 7) is 8.12. The Morgan fingerprint density at radius 2 is 1.87 bits per heavy atom. The number of nitrogens with one attached hydrogen (secondary N) is 1. The maximum atomic E-state index is 13.2. The number of amides is 2. The van der Waals surface area contributed by atoms with Crippen molar-refractivity contribution in [3.63, 3.8) is 0 Å². The molecule has 0 aliphatic heterocycles. The fourth-order valence-electron chi connectivity index (χ4n) is 2.26. The summed E-state index contributed by atoms with van der Waals surface area (Å²) in [5.41, 5.74) is 0.756. The summed E-state index contributed by atoms with van der Waals surface area (Å²) in [6, 6.07) is 6.25. The van der Waals surface area contributed by atoms with Crippen LogP contribution in [0.4, 0.5) is 4.39 Å². The molecule has 0 aliphatic rings. The monoisotopic (exact) mass is 323 g/mol. The van der Waals surface area contributed by atoms with Gasteiger partial charge in [-0.25, -0.2) is 4.39 Å².